The molecule has 0 aliphatic rings. The summed E-state index contributed by atoms with van der Waals surface area (Å²) in [5.41, 5.74) is -0.641. The van der Waals surface area contributed by atoms with Crippen molar-refractivity contribution < 1.29 is 26.3 Å². The van der Waals surface area contributed by atoms with Gasteiger partial charge in [0.05, 0.1) is 23.5 Å². The molecule has 0 spiro atoms. The van der Waals surface area contributed by atoms with E-state index in [-0.39, 0.29) is 0 Å². The second-order valence-corrected chi connectivity index (χ2v) is 6.36. The number of rotatable bonds is 3. The smallest absolute Gasteiger partial charge is 0.324 e. The molecule has 3 nitrogen and oxygen atoms in total. The molecule has 0 N–H and O–H groups in total. The topological polar surface area (TPSA) is 41.6 Å². The van der Waals surface area contributed by atoms with Crippen molar-refractivity contribution in [1.29, 1.82) is 5.26 Å². The number of aromatic nitrogens is 2. The van der Waals surface area contributed by atoms with Gasteiger partial charge < -0.3 is 4.57 Å². The molecule has 2 aromatic carbocycles. The molecule has 0 bridgehead atoms. The largest absolute Gasteiger partial charge is 0.416 e. The Balaban J connectivity index is 0.000000335. The van der Waals surface area contributed by atoms with Gasteiger partial charge in [-0.3, -0.25) is 0 Å². The molecule has 0 radical (unpaired) electrons. The quantitative estimate of drug-likeness (QED) is 0.464. The second kappa shape index (κ2) is 9.52. The normalized spacial score (nSPS) is 11.3. The third-order valence-corrected chi connectivity index (χ3v) is 4.26. The monoisotopic (exact) mass is 423 g/mol. The average molecular weight is 423 g/mol. The van der Waals surface area contributed by atoms with Gasteiger partial charge in [0.1, 0.15) is 6.54 Å². The third kappa shape index (κ3) is 6.41. The summed E-state index contributed by atoms with van der Waals surface area (Å²) in [4.78, 5) is 3.75. The zero-order chi connectivity index (χ0) is 22.4. The molecule has 0 fully saturated rings. The van der Waals surface area contributed by atoms with E-state index in [0.717, 1.165) is 24.3 Å². The summed E-state index contributed by atoms with van der Waals surface area (Å²) in [5.74, 6) is 0. The number of hydrogen-bond acceptors (Lipinski definition) is 2. The lowest BCUT2D eigenvalue weighted by Crippen LogP contribution is -2.39. The molecule has 156 valence electrons. The Morgan fingerprint density at radius 2 is 1.57 bits per heavy atom. The Morgan fingerprint density at radius 1 is 0.933 bits per heavy atom. The van der Waals surface area contributed by atoms with Crippen LogP contribution in [0, 0.1) is 11.3 Å². The molecule has 0 saturated carbocycles. The zero-order valence-electron chi connectivity index (χ0n) is 15.7. The van der Waals surface area contributed by atoms with E-state index in [1.54, 1.807) is 30.1 Å². The van der Waals surface area contributed by atoms with Crippen LogP contribution in [0.15, 0.2) is 67.3 Å². The maximum atomic E-state index is 12.7. The van der Waals surface area contributed by atoms with Crippen LogP contribution in [0.2, 0.25) is 6.82 Å². The van der Waals surface area contributed by atoms with E-state index in [0.29, 0.717) is 17.5 Å². The van der Waals surface area contributed by atoms with Crippen molar-refractivity contribution in [2.45, 2.75) is 25.7 Å². The van der Waals surface area contributed by atoms with Crippen molar-refractivity contribution in [3.05, 3.63) is 78.4 Å². The van der Waals surface area contributed by atoms with Crippen LogP contribution >= 0.6 is 0 Å². The maximum absolute atomic E-state index is 12.7. The molecular weight excluding hydrogens is 407 g/mol. The lowest BCUT2D eigenvalue weighted by atomic mass is 9.42. The first-order valence-corrected chi connectivity index (χ1v) is 8.69. The van der Waals surface area contributed by atoms with Gasteiger partial charge in [-0.25, -0.2) is 4.98 Å². The van der Waals surface area contributed by atoms with Gasteiger partial charge in [-0.2, -0.15) is 31.6 Å². The van der Waals surface area contributed by atoms with Crippen LogP contribution in [-0.2, 0) is 18.9 Å². The fraction of sp³-hybridized carbons (Fsp3) is 0.200. The highest BCUT2D eigenvalue weighted by Gasteiger charge is 2.32. The third-order valence-electron chi connectivity index (χ3n) is 4.26. The minimum Gasteiger partial charge on any atom is -0.324 e. The number of alkyl halides is 6. The predicted molar refractivity (Wildman–Crippen MR) is 102 cm³/mol. The summed E-state index contributed by atoms with van der Waals surface area (Å²) in [7, 11) is 0. The van der Waals surface area contributed by atoms with Gasteiger partial charge >= 0.3 is 12.4 Å². The highest BCUT2D eigenvalue weighted by atomic mass is 19.4. The second-order valence-electron chi connectivity index (χ2n) is 6.36. The Kier molecular flexibility index (Phi) is 7.32. The SMILES string of the molecule is CB(c1ccc(C(F)(F)F)cc1)c1cccc(C(F)(F)F)c1.N#CCn1ccnc1. The van der Waals surface area contributed by atoms with Gasteiger partial charge in [0.25, 0.3) is 0 Å². The first kappa shape index (κ1) is 23.1. The summed E-state index contributed by atoms with van der Waals surface area (Å²) in [5, 5.41) is 8.14. The number of imidazole rings is 1. The van der Waals surface area contributed by atoms with Crippen LogP contribution in [0.4, 0.5) is 26.3 Å². The molecule has 0 atom stereocenters. The van der Waals surface area contributed by atoms with Gasteiger partial charge in [0.15, 0.2) is 0 Å². The lowest BCUT2D eigenvalue weighted by Gasteiger charge is -2.14. The fourth-order valence-electron chi connectivity index (χ4n) is 2.60. The highest BCUT2D eigenvalue weighted by Crippen LogP contribution is 2.29. The standard InChI is InChI=1S/C15H11BF6.C5H5N3/c1-16(12-7-5-10(6-8-12)14(17,18)19)13-4-2-3-11(9-13)15(20,21)22;6-1-3-8-4-2-7-5-8/h2-9H,1H3;2,4-5H,3H2. The molecule has 0 saturated heterocycles. The summed E-state index contributed by atoms with van der Waals surface area (Å²) in [6, 6.07) is 11.2. The van der Waals surface area contributed by atoms with Crippen molar-refractivity contribution >= 4 is 17.6 Å². The zero-order valence-corrected chi connectivity index (χ0v) is 15.7. The van der Waals surface area contributed by atoms with Gasteiger partial charge in [-0.1, -0.05) is 66.3 Å². The Hall–Kier alpha value is -3.22. The number of nitriles is 1. The van der Waals surface area contributed by atoms with Crippen LogP contribution in [0.25, 0.3) is 0 Å². The number of hydrogen-bond donors (Lipinski definition) is 0. The minimum absolute atomic E-state index is 0.389. The van der Waals surface area contributed by atoms with Gasteiger partial charge in [-0.15, -0.1) is 0 Å². The van der Waals surface area contributed by atoms with Gasteiger partial charge in [0.2, 0.25) is 6.71 Å². The number of benzene rings is 2. The van der Waals surface area contributed by atoms with E-state index >= 15 is 0 Å². The van der Waals surface area contributed by atoms with Crippen LogP contribution < -0.4 is 10.9 Å². The first-order chi connectivity index (χ1) is 14.0. The Bertz CT molecular complexity index is 974. The summed E-state index contributed by atoms with van der Waals surface area (Å²) >= 11 is 0. The molecule has 0 unspecified atom stereocenters. The van der Waals surface area contributed by atoms with Crippen LogP contribution in [0.1, 0.15) is 11.1 Å². The first-order valence-electron chi connectivity index (χ1n) is 8.69. The van der Waals surface area contributed by atoms with E-state index in [2.05, 4.69) is 4.98 Å². The summed E-state index contributed by atoms with van der Waals surface area (Å²) in [6.45, 7) is 1.60. The summed E-state index contributed by atoms with van der Waals surface area (Å²) in [6.07, 6.45) is -3.86. The van der Waals surface area contributed by atoms with Crippen LogP contribution in [-0.4, -0.2) is 16.3 Å². The van der Waals surface area contributed by atoms with Crippen molar-refractivity contribution in [3.63, 3.8) is 0 Å². The van der Waals surface area contributed by atoms with Crippen LogP contribution in [0.5, 0.6) is 0 Å². The van der Waals surface area contributed by atoms with Crippen molar-refractivity contribution in [3.8, 4) is 6.07 Å². The molecule has 0 amide bonds. The minimum atomic E-state index is -4.45. The molecular formula is C20H16BF6N3. The van der Waals surface area contributed by atoms with E-state index in [1.165, 1.54) is 24.3 Å². The number of halogens is 6. The molecule has 10 heteroatoms. The number of nitrogens with zero attached hydrogens (tertiary/aromatic N) is 3. The van der Waals surface area contributed by atoms with Crippen LogP contribution in [0.3, 0.4) is 0 Å². The van der Waals surface area contributed by atoms with E-state index < -0.39 is 30.2 Å². The van der Waals surface area contributed by atoms with Crippen molar-refractivity contribution in [1.82, 2.24) is 9.55 Å². The molecule has 0 aliphatic carbocycles. The molecule has 3 aromatic rings. The summed E-state index contributed by atoms with van der Waals surface area (Å²) < 4.78 is 77.3. The van der Waals surface area contributed by atoms with Gasteiger partial charge in [-0.05, 0) is 0 Å². The van der Waals surface area contributed by atoms with E-state index in [4.69, 9.17) is 5.26 Å². The molecule has 30 heavy (non-hydrogen) atoms. The van der Waals surface area contributed by atoms with Crippen molar-refractivity contribution in [2.75, 3.05) is 0 Å². The predicted octanol–water partition coefficient (Wildman–Crippen LogP) is 4.37. The molecule has 3 rings (SSSR count). The maximum Gasteiger partial charge on any atom is 0.416 e. The van der Waals surface area contributed by atoms with Crippen molar-refractivity contribution in [2.24, 2.45) is 0 Å². The highest BCUT2D eigenvalue weighted by molar-refractivity contribution is 6.84. The van der Waals surface area contributed by atoms with Gasteiger partial charge in [0, 0.05) is 12.4 Å². The molecule has 1 heterocycles. The molecule has 1 aromatic heterocycles. The van der Waals surface area contributed by atoms with E-state index in [1.807, 2.05) is 6.07 Å². The fourth-order valence-corrected chi connectivity index (χ4v) is 2.60. The molecule has 0 aliphatic heterocycles. The Labute approximate surface area is 169 Å². The lowest BCUT2D eigenvalue weighted by molar-refractivity contribution is -0.138. The average Bonchev–Trinajstić information content (AvgIpc) is 3.20. The Morgan fingerprint density at radius 3 is 2.07 bits per heavy atom. The van der Waals surface area contributed by atoms with E-state index in [9.17, 15) is 26.3 Å².